The number of rotatable bonds is 7. The molecule has 0 radical (unpaired) electrons. The lowest BCUT2D eigenvalue weighted by Gasteiger charge is -2.10. The van der Waals surface area contributed by atoms with Crippen LogP contribution in [0.25, 0.3) is 0 Å². The lowest BCUT2D eigenvalue weighted by molar-refractivity contribution is 0.0665. The molecule has 0 aliphatic heterocycles. The van der Waals surface area contributed by atoms with E-state index in [-0.39, 0.29) is 12.1 Å². The van der Waals surface area contributed by atoms with E-state index in [1.54, 1.807) is 0 Å². The molecule has 0 spiro atoms. The van der Waals surface area contributed by atoms with Gasteiger partial charge in [-0.2, -0.15) is 4.98 Å². The van der Waals surface area contributed by atoms with E-state index in [0.717, 1.165) is 12.8 Å². The largest absolute Gasteiger partial charge is 0.377 e. The zero-order valence-corrected chi connectivity index (χ0v) is 12.0. The summed E-state index contributed by atoms with van der Waals surface area (Å²) in [5.41, 5.74) is 7.20. The van der Waals surface area contributed by atoms with Crippen molar-refractivity contribution in [3.8, 4) is 0 Å². The average molecular weight is 275 g/mol. The highest BCUT2D eigenvalue weighted by Gasteiger charge is 2.15. The van der Waals surface area contributed by atoms with Gasteiger partial charge in [0.15, 0.2) is 5.82 Å². The van der Waals surface area contributed by atoms with Crippen molar-refractivity contribution in [2.24, 2.45) is 5.73 Å². The van der Waals surface area contributed by atoms with Gasteiger partial charge in [0.2, 0.25) is 5.89 Å². The second-order valence-electron chi connectivity index (χ2n) is 5.02. The van der Waals surface area contributed by atoms with E-state index in [1.165, 1.54) is 5.56 Å². The summed E-state index contributed by atoms with van der Waals surface area (Å²) in [7, 11) is 0. The molecule has 20 heavy (non-hydrogen) atoms. The van der Waals surface area contributed by atoms with Gasteiger partial charge in [-0.15, -0.1) is 0 Å². The van der Waals surface area contributed by atoms with Crippen LogP contribution in [0.2, 0.25) is 0 Å². The maximum absolute atomic E-state index is 5.95. The standard InChI is InChI=1S/C15H21N3O2/c1-11(2)19-10-13(16)15-17-14(20-18-15)9-8-12-6-4-3-5-7-12/h3-7,11,13H,8-10,16H2,1-2H3. The van der Waals surface area contributed by atoms with Crippen LogP contribution in [0, 0.1) is 0 Å². The summed E-state index contributed by atoms with van der Waals surface area (Å²) in [6.45, 7) is 4.33. The molecule has 0 aliphatic rings. The molecule has 108 valence electrons. The van der Waals surface area contributed by atoms with Gasteiger partial charge in [0.25, 0.3) is 0 Å². The average Bonchev–Trinajstić information content (AvgIpc) is 2.92. The number of aryl methyl sites for hydroxylation is 2. The number of hydrogen-bond donors (Lipinski definition) is 1. The topological polar surface area (TPSA) is 74.2 Å². The molecule has 1 atom stereocenters. The second kappa shape index (κ2) is 7.17. The van der Waals surface area contributed by atoms with Crippen molar-refractivity contribution in [3.63, 3.8) is 0 Å². The fourth-order valence-corrected chi connectivity index (χ4v) is 1.79. The lowest BCUT2D eigenvalue weighted by atomic mass is 10.1. The van der Waals surface area contributed by atoms with Crippen LogP contribution in [0.5, 0.6) is 0 Å². The summed E-state index contributed by atoms with van der Waals surface area (Å²) >= 11 is 0. The van der Waals surface area contributed by atoms with Gasteiger partial charge in [-0.25, -0.2) is 0 Å². The van der Waals surface area contributed by atoms with Crippen LogP contribution < -0.4 is 5.73 Å². The summed E-state index contributed by atoms with van der Waals surface area (Å²) in [5.74, 6) is 1.12. The monoisotopic (exact) mass is 275 g/mol. The van der Waals surface area contributed by atoms with E-state index < -0.39 is 0 Å². The van der Waals surface area contributed by atoms with Crippen LogP contribution in [-0.4, -0.2) is 22.9 Å². The van der Waals surface area contributed by atoms with Crippen molar-refractivity contribution in [3.05, 3.63) is 47.6 Å². The molecule has 2 rings (SSSR count). The highest BCUT2D eigenvalue weighted by atomic mass is 16.5. The number of aromatic nitrogens is 2. The summed E-state index contributed by atoms with van der Waals surface area (Å²) < 4.78 is 10.7. The summed E-state index contributed by atoms with van der Waals surface area (Å²) in [6, 6.07) is 9.87. The van der Waals surface area contributed by atoms with Gasteiger partial charge in [-0.05, 0) is 25.8 Å². The third kappa shape index (κ3) is 4.43. The first-order chi connectivity index (χ1) is 9.65. The Morgan fingerprint density at radius 1 is 1.20 bits per heavy atom. The molecule has 0 bridgehead atoms. The number of nitrogens with zero attached hydrogens (tertiary/aromatic N) is 2. The molecule has 1 aromatic carbocycles. The molecule has 0 saturated heterocycles. The third-order valence-electron chi connectivity index (χ3n) is 2.89. The van der Waals surface area contributed by atoms with Crippen LogP contribution in [0.1, 0.15) is 37.2 Å². The first-order valence-corrected chi connectivity index (χ1v) is 6.88. The Balaban J connectivity index is 1.85. The van der Waals surface area contributed by atoms with Crippen LogP contribution in [0.15, 0.2) is 34.9 Å². The molecule has 0 saturated carbocycles. The maximum atomic E-state index is 5.95. The van der Waals surface area contributed by atoms with E-state index in [9.17, 15) is 0 Å². The lowest BCUT2D eigenvalue weighted by Crippen LogP contribution is -2.20. The SMILES string of the molecule is CC(C)OCC(N)c1noc(CCc2ccccc2)n1. The molecular weight excluding hydrogens is 254 g/mol. The normalized spacial score (nSPS) is 12.8. The Kier molecular flexibility index (Phi) is 5.26. The molecule has 1 heterocycles. The highest BCUT2D eigenvalue weighted by molar-refractivity contribution is 5.15. The van der Waals surface area contributed by atoms with Gasteiger partial charge in [-0.1, -0.05) is 35.5 Å². The molecule has 2 aromatic rings. The Labute approximate surface area is 119 Å². The zero-order chi connectivity index (χ0) is 14.4. The quantitative estimate of drug-likeness (QED) is 0.839. The summed E-state index contributed by atoms with van der Waals surface area (Å²) in [4.78, 5) is 4.32. The molecule has 1 aromatic heterocycles. The predicted molar refractivity (Wildman–Crippen MR) is 76.2 cm³/mol. The number of nitrogens with two attached hydrogens (primary N) is 1. The fraction of sp³-hybridized carbons (Fsp3) is 0.467. The van der Waals surface area contributed by atoms with E-state index in [2.05, 4.69) is 22.3 Å². The van der Waals surface area contributed by atoms with Crippen molar-refractivity contribution in [2.75, 3.05) is 6.61 Å². The van der Waals surface area contributed by atoms with Crippen molar-refractivity contribution in [2.45, 2.75) is 38.8 Å². The van der Waals surface area contributed by atoms with Gasteiger partial charge in [-0.3, -0.25) is 0 Å². The van der Waals surface area contributed by atoms with Crippen molar-refractivity contribution < 1.29 is 9.26 Å². The van der Waals surface area contributed by atoms with Crippen LogP contribution in [0.4, 0.5) is 0 Å². The van der Waals surface area contributed by atoms with Crippen LogP contribution in [0.3, 0.4) is 0 Å². The number of ether oxygens (including phenoxy) is 1. The van der Waals surface area contributed by atoms with Gasteiger partial charge in [0.1, 0.15) is 0 Å². The van der Waals surface area contributed by atoms with E-state index in [0.29, 0.717) is 18.3 Å². The first kappa shape index (κ1) is 14.7. The minimum Gasteiger partial charge on any atom is -0.377 e. The minimum atomic E-state index is -0.341. The molecule has 1 unspecified atom stereocenters. The first-order valence-electron chi connectivity index (χ1n) is 6.88. The molecule has 0 aliphatic carbocycles. The van der Waals surface area contributed by atoms with Crippen molar-refractivity contribution in [1.82, 2.24) is 10.1 Å². The van der Waals surface area contributed by atoms with Crippen LogP contribution in [-0.2, 0) is 17.6 Å². The molecule has 0 fully saturated rings. The van der Waals surface area contributed by atoms with E-state index >= 15 is 0 Å². The van der Waals surface area contributed by atoms with Crippen LogP contribution >= 0.6 is 0 Å². The van der Waals surface area contributed by atoms with Gasteiger partial charge >= 0.3 is 0 Å². The molecule has 0 amide bonds. The number of benzene rings is 1. The zero-order valence-electron chi connectivity index (χ0n) is 12.0. The summed E-state index contributed by atoms with van der Waals surface area (Å²) in [6.07, 6.45) is 1.74. The Morgan fingerprint density at radius 3 is 2.65 bits per heavy atom. The fourth-order valence-electron chi connectivity index (χ4n) is 1.79. The number of hydrogen-bond acceptors (Lipinski definition) is 5. The highest BCUT2D eigenvalue weighted by Crippen LogP contribution is 2.10. The molecular formula is C15H21N3O2. The van der Waals surface area contributed by atoms with Gasteiger partial charge < -0.3 is 15.0 Å². The maximum Gasteiger partial charge on any atom is 0.227 e. The Hall–Kier alpha value is -1.72. The minimum absolute atomic E-state index is 0.144. The molecule has 2 N–H and O–H groups in total. The smallest absolute Gasteiger partial charge is 0.227 e. The summed E-state index contributed by atoms with van der Waals surface area (Å²) in [5, 5.41) is 3.92. The van der Waals surface area contributed by atoms with Gasteiger partial charge in [0.05, 0.1) is 18.8 Å². The van der Waals surface area contributed by atoms with Crippen molar-refractivity contribution >= 4 is 0 Å². The van der Waals surface area contributed by atoms with Gasteiger partial charge in [0, 0.05) is 6.42 Å². The molecule has 5 nitrogen and oxygen atoms in total. The molecule has 5 heteroatoms. The van der Waals surface area contributed by atoms with E-state index in [1.807, 2.05) is 32.0 Å². The predicted octanol–water partition coefficient (Wildman–Crippen LogP) is 2.28. The van der Waals surface area contributed by atoms with E-state index in [4.69, 9.17) is 15.0 Å². The third-order valence-corrected chi connectivity index (χ3v) is 2.89. The second-order valence-corrected chi connectivity index (χ2v) is 5.02. The Morgan fingerprint density at radius 2 is 1.95 bits per heavy atom. The Bertz CT molecular complexity index is 511. The van der Waals surface area contributed by atoms with Crippen molar-refractivity contribution in [1.29, 1.82) is 0 Å².